The number of hydrogen-bond acceptors (Lipinski definition) is 6. The molecular formula is C16H22N4S2. The van der Waals surface area contributed by atoms with Crippen molar-refractivity contribution in [3.05, 3.63) is 35.2 Å². The van der Waals surface area contributed by atoms with Gasteiger partial charge in [-0.1, -0.05) is 38.3 Å². The fourth-order valence-electron chi connectivity index (χ4n) is 1.90. The van der Waals surface area contributed by atoms with Crippen LogP contribution in [0.1, 0.15) is 38.2 Å². The quantitative estimate of drug-likeness (QED) is 0.298. The summed E-state index contributed by atoms with van der Waals surface area (Å²) in [6.07, 6.45) is 7.03. The minimum absolute atomic E-state index is 0.518. The Balaban J connectivity index is 1.80. The molecule has 0 aliphatic heterocycles. The molecule has 0 radical (unpaired) electrons. The number of hydrogen-bond donors (Lipinski definition) is 2. The van der Waals surface area contributed by atoms with Crippen LogP contribution in [0.3, 0.4) is 0 Å². The second kappa shape index (κ2) is 9.48. The van der Waals surface area contributed by atoms with E-state index in [0.29, 0.717) is 10.9 Å². The Hall–Kier alpha value is -1.53. The summed E-state index contributed by atoms with van der Waals surface area (Å²) in [4.78, 5) is 5.38. The third kappa shape index (κ3) is 6.07. The van der Waals surface area contributed by atoms with Crippen LogP contribution in [0.15, 0.2) is 39.6 Å². The van der Waals surface area contributed by atoms with Gasteiger partial charge in [-0.2, -0.15) is 5.10 Å². The maximum absolute atomic E-state index is 5.56. The molecule has 2 rings (SSSR count). The Bertz CT molecular complexity index is 595. The van der Waals surface area contributed by atoms with E-state index in [4.69, 9.17) is 5.73 Å². The molecular weight excluding hydrogens is 312 g/mol. The molecule has 1 aromatic heterocycles. The van der Waals surface area contributed by atoms with Crippen molar-refractivity contribution in [3.8, 4) is 0 Å². The Morgan fingerprint density at radius 2 is 2.27 bits per heavy atom. The lowest BCUT2D eigenvalue weighted by Gasteiger charge is -2.02. The lowest BCUT2D eigenvalue weighted by Crippen LogP contribution is -1.91. The molecule has 118 valence electrons. The summed E-state index contributed by atoms with van der Waals surface area (Å²) in [6, 6.07) is 8.42. The van der Waals surface area contributed by atoms with Crippen LogP contribution in [0.25, 0.3) is 0 Å². The molecule has 4 nitrogen and oxygen atoms in total. The molecule has 1 aromatic carbocycles. The zero-order valence-corrected chi connectivity index (χ0v) is 14.4. The van der Waals surface area contributed by atoms with Crippen molar-refractivity contribution in [2.75, 3.05) is 16.9 Å². The van der Waals surface area contributed by atoms with Gasteiger partial charge in [-0.25, -0.2) is 4.98 Å². The average Bonchev–Trinajstić information content (AvgIpc) is 2.93. The van der Waals surface area contributed by atoms with Crippen LogP contribution in [0.2, 0.25) is 0 Å². The van der Waals surface area contributed by atoms with Gasteiger partial charge in [0.05, 0.1) is 6.21 Å². The Kier molecular flexibility index (Phi) is 7.25. The van der Waals surface area contributed by atoms with Gasteiger partial charge in [0, 0.05) is 10.3 Å². The number of hydrazone groups is 1. The summed E-state index contributed by atoms with van der Waals surface area (Å²) in [7, 11) is 0. The molecule has 6 heteroatoms. The first kappa shape index (κ1) is 16.8. The molecule has 3 N–H and O–H groups in total. The summed E-state index contributed by atoms with van der Waals surface area (Å²) in [5, 5.41) is 6.68. The minimum atomic E-state index is 0.518. The van der Waals surface area contributed by atoms with E-state index in [1.54, 1.807) is 11.6 Å². The lowest BCUT2D eigenvalue weighted by atomic mass is 10.2. The van der Waals surface area contributed by atoms with Crippen molar-refractivity contribution in [2.45, 2.75) is 37.5 Å². The number of anilines is 2. The van der Waals surface area contributed by atoms with Crippen LogP contribution in [-0.2, 0) is 0 Å². The third-order valence-electron chi connectivity index (χ3n) is 3.02. The van der Waals surface area contributed by atoms with Gasteiger partial charge in [0.25, 0.3) is 0 Å². The van der Waals surface area contributed by atoms with Crippen molar-refractivity contribution in [2.24, 2.45) is 5.10 Å². The fraction of sp³-hybridized carbons (Fsp3) is 0.375. The number of nitrogen functional groups attached to an aromatic ring is 1. The molecule has 2 aromatic rings. The van der Waals surface area contributed by atoms with Crippen LogP contribution in [-0.4, -0.2) is 17.0 Å². The highest BCUT2D eigenvalue weighted by Gasteiger charge is 1.97. The number of thioether (sulfide) groups is 1. The van der Waals surface area contributed by atoms with E-state index in [1.807, 2.05) is 17.8 Å². The van der Waals surface area contributed by atoms with Crippen LogP contribution in [0.5, 0.6) is 0 Å². The molecule has 0 unspecified atom stereocenters. The number of thiazole rings is 1. The number of nitrogens with zero attached hydrogens (tertiary/aromatic N) is 2. The summed E-state index contributed by atoms with van der Waals surface area (Å²) < 4.78 is 0. The molecule has 0 atom stereocenters. The van der Waals surface area contributed by atoms with Crippen LogP contribution in [0, 0.1) is 0 Å². The van der Waals surface area contributed by atoms with E-state index in [9.17, 15) is 0 Å². The van der Waals surface area contributed by atoms with Crippen molar-refractivity contribution in [3.63, 3.8) is 0 Å². The zero-order valence-electron chi connectivity index (χ0n) is 12.8. The van der Waals surface area contributed by atoms with E-state index >= 15 is 0 Å². The van der Waals surface area contributed by atoms with Crippen molar-refractivity contribution in [1.82, 2.24) is 4.98 Å². The summed E-state index contributed by atoms with van der Waals surface area (Å²) in [5.41, 5.74) is 9.53. The maximum atomic E-state index is 5.56. The van der Waals surface area contributed by atoms with E-state index in [-0.39, 0.29) is 0 Å². The van der Waals surface area contributed by atoms with Crippen LogP contribution in [0.4, 0.5) is 10.9 Å². The molecule has 0 saturated carbocycles. The molecule has 0 amide bonds. The molecule has 0 bridgehead atoms. The van der Waals surface area contributed by atoms with Gasteiger partial charge in [-0.3, -0.25) is 5.43 Å². The summed E-state index contributed by atoms with van der Waals surface area (Å²) in [5.74, 6) is 1.70. The molecule has 22 heavy (non-hydrogen) atoms. The average molecular weight is 335 g/mol. The highest BCUT2D eigenvalue weighted by Crippen LogP contribution is 2.21. The van der Waals surface area contributed by atoms with Gasteiger partial charge in [0.15, 0.2) is 0 Å². The van der Waals surface area contributed by atoms with Gasteiger partial charge in [0.2, 0.25) is 5.13 Å². The number of benzene rings is 1. The second-order valence-electron chi connectivity index (χ2n) is 4.93. The van der Waals surface area contributed by atoms with E-state index in [0.717, 1.165) is 5.56 Å². The summed E-state index contributed by atoms with van der Waals surface area (Å²) in [6.45, 7) is 2.24. The Labute approximate surface area is 140 Å². The van der Waals surface area contributed by atoms with Crippen LogP contribution >= 0.6 is 23.1 Å². The zero-order chi connectivity index (χ0) is 15.6. The first-order valence-electron chi connectivity index (χ1n) is 7.51. The van der Waals surface area contributed by atoms with Crippen molar-refractivity contribution >= 4 is 40.3 Å². The van der Waals surface area contributed by atoms with Gasteiger partial charge < -0.3 is 5.73 Å². The predicted octanol–water partition coefficient (Wildman–Crippen LogP) is 4.84. The Morgan fingerprint density at radius 1 is 1.36 bits per heavy atom. The van der Waals surface area contributed by atoms with Gasteiger partial charge >= 0.3 is 0 Å². The largest absolute Gasteiger partial charge is 0.383 e. The fourth-order valence-corrected chi connectivity index (χ4v) is 3.43. The topological polar surface area (TPSA) is 63.3 Å². The Morgan fingerprint density at radius 3 is 3.05 bits per heavy atom. The van der Waals surface area contributed by atoms with Crippen LogP contribution < -0.4 is 11.2 Å². The van der Waals surface area contributed by atoms with E-state index < -0.39 is 0 Å². The highest BCUT2D eigenvalue weighted by molar-refractivity contribution is 7.99. The number of unbranched alkanes of at least 4 members (excludes halogenated alkanes) is 3. The molecule has 0 fully saturated rings. The van der Waals surface area contributed by atoms with Crippen molar-refractivity contribution in [1.29, 1.82) is 0 Å². The predicted molar refractivity (Wildman–Crippen MR) is 99.1 cm³/mol. The third-order valence-corrected chi connectivity index (χ3v) is 4.87. The normalized spacial score (nSPS) is 11.1. The number of nitrogens with two attached hydrogens (primary N) is 1. The molecule has 0 spiro atoms. The van der Waals surface area contributed by atoms with Gasteiger partial charge in [0.1, 0.15) is 5.82 Å². The van der Waals surface area contributed by atoms with E-state index in [2.05, 4.69) is 40.6 Å². The van der Waals surface area contributed by atoms with E-state index in [1.165, 1.54) is 47.7 Å². The van der Waals surface area contributed by atoms with Gasteiger partial charge in [-0.15, -0.1) is 23.1 Å². The molecule has 1 heterocycles. The number of rotatable bonds is 9. The highest BCUT2D eigenvalue weighted by atomic mass is 32.2. The lowest BCUT2D eigenvalue weighted by molar-refractivity contribution is 0.706. The standard InChI is InChI=1S/C16H22N4S2/c1-2-3-4-5-9-21-14-8-6-7-13(10-14)11-18-20-16-19-15(17)12-22-16/h6-8,10-12H,2-5,9,17H2,1H3,(H,19,20). The molecule has 0 saturated heterocycles. The monoisotopic (exact) mass is 334 g/mol. The number of aromatic nitrogens is 1. The molecule has 0 aliphatic rings. The minimum Gasteiger partial charge on any atom is -0.383 e. The van der Waals surface area contributed by atoms with Gasteiger partial charge in [-0.05, 0) is 29.9 Å². The van der Waals surface area contributed by atoms with Crippen molar-refractivity contribution < 1.29 is 0 Å². The maximum Gasteiger partial charge on any atom is 0.205 e. The molecule has 0 aliphatic carbocycles. The summed E-state index contributed by atoms with van der Waals surface area (Å²) >= 11 is 3.35. The second-order valence-corrected chi connectivity index (χ2v) is 6.96. The first-order valence-corrected chi connectivity index (χ1v) is 9.37. The number of nitrogens with one attached hydrogen (secondary N) is 1. The smallest absolute Gasteiger partial charge is 0.205 e. The first-order chi connectivity index (χ1) is 10.8. The SMILES string of the molecule is CCCCCCSc1cccc(C=NNc2nc(N)cs2)c1.